The van der Waals surface area contributed by atoms with E-state index < -0.39 is 54.5 Å². The SMILES string of the molecule is C[C@@]1(c2ccccc2)NC(=O)N(CC(=O)OCC(=O)N2CCCC[C@H]2C(N)=O)C1=O. The first-order chi connectivity index (χ1) is 14.2. The minimum absolute atomic E-state index is 0.354. The number of esters is 1. The van der Waals surface area contributed by atoms with Gasteiger partial charge in [-0.15, -0.1) is 0 Å². The Morgan fingerprint density at radius 3 is 2.57 bits per heavy atom. The molecule has 0 saturated carbocycles. The molecule has 160 valence electrons. The van der Waals surface area contributed by atoms with Crippen LogP contribution in [0.4, 0.5) is 4.79 Å². The highest BCUT2D eigenvalue weighted by Gasteiger charge is 2.49. The Labute approximate surface area is 173 Å². The van der Waals surface area contributed by atoms with E-state index in [0.717, 1.165) is 17.7 Å². The normalized spacial score (nSPS) is 23.8. The van der Waals surface area contributed by atoms with Gasteiger partial charge in [-0.3, -0.25) is 24.1 Å². The number of hydrogen-bond acceptors (Lipinski definition) is 6. The molecule has 0 bridgehead atoms. The third-order valence-corrected chi connectivity index (χ3v) is 5.42. The van der Waals surface area contributed by atoms with Crippen LogP contribution in [0.2, 0.25) is 0 Å². The molecule has 1 aromatic carbocycles. The lowest BCUT2D eigenvalue weighted by atomic mass is 9.92. The zero-order valence-corrected chi connectivity index (χ0v) is 16.6. The van der Waals surface area contributed by atoms with Crippen LogP contribution in [0.1, 0.15) is 31.7 Å². The van der Waals surface area contributed by atoms with Gasteiger partial charge in [0.2, 0.25) is 5.91 Å². The molecule has 0 aromatic heterocycles. The minimum atomic E-state index is -1.29. The summed E-state index contributed by atoms with van der Waals surface area (Å²) in [6.07, 6.45) is 1.98. The number of nitrogens with two attached hydrogens (primary N) is 1. The first-order valence-corrected chi connectivity index (χ1v) is 9.68. The first-order valence-electron chi connectivity index (χ1n) is 9.68. The lowest BCUT2D eigenvalue weighted by Gasteiger charge is -2.33. The molecule has 2 atom stereocenters. The monoisotopic (exact) mass is 416 g/mol. The van der Waals surface area contributed by atoms with Crippen LogP contribution in [0.15, 0.2) is 30.3 Å². The van der Waals surface area contributed by atoms with E-state index in [1.807, 2.05) is 0 Å². The summed E-state index contributed by atoms with van der Waals surface area (Å²) in [5.41, 5.74) is 4.62. The summed E-state index contributed by atoms with van der Waals surface area (Å²) >= 11 is 0. The number of nitrogens with zero attached hydrogens (tertiary/aromatic N) is 2. The average molecular weight is 416 g/mol. The fourth-order valence-electron chi connectivity index (χ4n) is 3.73. The van der Waals surface area contributed by atoms with Crippen LogP contribution >= 0.6 is 0 Å². The van der Waals surface area contributed by atoms with Crippen molar-refractivity contribution in [1.29, 1.82) is 0 Å². The van der Waals surface area contributed by atoms with Crippen molar-refractivity contribution in [2.75, 3.05) is 19.7 Å². The summed E-state index contributed by atoms with van der Waals surface area (Å²) in [6.45, 7) is 0.687. The molecule has 0 aliphatic carbocycles. The van der Waals surface area contributed by atoms with Gasteiger partial charge in [0.05, 0.1) is 0 Å². The average Bonchev–Trinajstić information content (AvgIpc) is 2.96. The Balaban J connectivity index is 1.58. The van der Waals surface area contributed by atoms with Gasteiger partial charge >= 0.3 is 12.0 Å². The molecule has 2 aliphatic heterocycles. The van der Waals surface area contributed by atoms with Gasteiger partial charge in [0.1, 0.15) is 18.1 Å². The molecule has 10 heteroatoms. The topological polar surface area (TPSA) is 139 Å². The number of primary amides is 1. The molecule has 2 fully saturated rings. The van der Waals surface area contributed by atoms with E-state index in [1.54, 1.807) is 37.3 Å². The Morgan fingerprint density at radius 2 is 1.90 bits per heavy atom. The molecule has 0 spiro atoms. The minimum Gasteiger partial charge on any atom is -0.454 e. The van der Waals surface area contributed by atoms with Crippen LogP contribution in [-0.2, 0) is 29.5 Å². The van der Waals surface area contributed by atoms with Crippen molar-refractivity contribution in [2.24, 2.45) is 5.73 Å². The molecule has 10 nitrogen and oxygen atoms in total. The smallest absolute Gasteiger partial charge is 0.326 e. The molecule has 2 heterocycles. The van der Waals surface area contributed by atoms with E-state index in [0.29, 0.717) is 18.5 Å². The van der Waals surface area contributed by atoms with Crippen molar-refractivity contribution in [3.05, 3.63) is 35.9 Å². The molecule has 0 unspecified atom stereocenters. The second kappa shape index (κ2) is 8.52. The van der Waals surface area contributed by atoms with Crippen LogP contribution in [0.5, 0.6) is 0 Å². The maximum atomic E-state index is 12.8. The number of piperidine rings is 1. The van der Waals surface area contributed by atoms with Crippen LogP contribution in [-0.4, -0.2) is 65.3 Å². The molecule has 2 aliphatic rings. The second-order valence-electron chi connectivity index (χ2n) is 7.47. The predicted molar refractivity (Wildman–Crippen MR) is 104 cm³/mol. The summed E-state index contributed by atoms with van der Waals surface area (Å²) in [5.74, 6) is -2.64. The lowest BCUT2D eigenvalue weighted by molar-refractivity contribution is -0.156. The number of carbonyl (C=O) groups excluding carboxylic acids is 5. The third kappa shape index (κ3) is 4.12. The second-order valence-corrected chi connectivity index (χ2v) is 7.47. The summed E-state index contributed by atoms with van der Waals surface area (Å²) in [5, 5.41) is 2.59. The van der Waals surface area contributed by atoms with Crippen molar-refractivity contribution in [3.63, 3.8) is 0 Å². The number of imide groups is 1. The number of nitrogens with one attached hydrogen (secondary N) is 1. The highest BCUT2D eigenvalue weighted by Crippen LogP contribution is 2.28. The van der Waals surface area contributed by atoms with Gasteiger partial charge in [-0.25, -0.2) is 4.79 Å². The lowest BCUT2D eigenvalue weighted by Crippen LogP contribution is -2.51. The molecule has 30 heavy (non-hydrogen) atoms. The van der Waals surface area contributed by atoms with E-state index in [1.165, 1.54) is 4.90 Å². The molecule has 3 N–H and O–H groups in total. The molecule has 5 amide bonds. The first kappa shape index (κ1) is 21.3. The number of likely N-dealkylation sites (tertiary alicyclic amines) is 1. The summed E-state index contributed by atoms with van der Waals surface area (Å²) < 4.78 is 4.96. The molecule has 3 rings (SSSR count). The number of hydrogen-bond donors (Lipinski definition) is 2. The van der Waals surface area contributed by atoms with Crippen molar-refractivity contribution in [2.45, 2.75) is 37.8 Å². The van der Waals surface area contributed by atoms with Crippen LogP contribution in [0.25, 0.3) is 0 Å². The number of rotatable bonds is 6. The van der Waals surface area contributed by atoms with Crippen LogP contribution in [0.3, 0.4) is 0 Å². The number of carbonyl (C=O) groups is 5. The highest BCUT2D eigenvalue weighted by atomic mass is 16.5. The van der Waals surface area contributed by atoms with E-state index in [4.69, 9.17) is 10.5 Å². The summed E-state index contributed by atoms with van der Waals surface area (Å²) in [4.78, 5) is 63.2. The van der Waals surface area contributed by atoms with Crippen LogP contribution < -0.4 is 11.1 Å². The quantitative estimate of drug-likeness (QED) is 0.489. The van der Waals surface area contributed by atoms with Gasteiger partial charge in [-0.05, 0) is 31.7 Å². The van der Waals surface area contributed by atoms with E-state index in [-0.39, 0.29) is 0 Å². The Bertz CT molecular complexity index is 873. The van der Waals surface area contributed by atoms with E-state index >= 15 is 0 Å². The molecule has 1 aromatic rings. The zero-order chi connectivity index (χ0) is 21.9. The summed E-state index contributed by atoms with van der Waals surface area (Å²) in [7, 11) is 0. The van der Waals surface area contributed by atoms with E-state index in [2.05, 4.69) is 5.32 Å². The Hall–Kier alpha value is -3.43. The number of ether oxygens (including phenoxy) is 1. The van der Waals surface area contributed by atoms with Gasteiger partial charge < -0.3 is 20.7 Å². The maximum Gasteiger partial charge on any atom is 0.326 e. The maximum absolute atomic E-state index is 12.8. The van der Waals surface area contributed by atoms with Crippen molar-refractivity contribution in [3.8, 4) is 0 Å². The third-order valence-electron chi connectivity index (χ3n) is 5.42. The van der Waals surface area contributed by atoms with Gasteiger partial charge in [-0.1, -0.05) is 30.3 Å². The van der Waals surface area contributed by atoms with Gasteiger partial charge in [0.25, 0.3) is 11.8 Å². The van der Waals surface area contributed by atoms with Crippen molar-refractivity contribution >= 4 is 29.7 Å². The fraction of sp³-hybridized carbons (Fsp3) is 0.450. The summed E-state index contributed by atoms with van der Waals surface area (Å²) in [6, 6.07) is 7.22. The van der Waals surface area contributed by atoms with Crippen LogP contribution in [0, 0.1) is 0 Å². The number of urea groups is 1. The van der Waals surface area contributed by atoms with Gasteiger partial charge in [0, 0.05) is 6.54 Å². The molecular weight excluding hydrogens is 392 g/mol. The van der Waals surface area contributed by atoms with Crippen molar-refractivity contribution in [1.82, 2.24) is 15.1 Å². The number of benzene rings is 1. The molecular formula is C20H24N4O6. The Morgan fingerprint density at radius 1 is 1.20 bits per heavy atom. The molecule has 0 radical (unpaired) electrons. The van der Waals surface area contributed by atoms with Gasteiger partial charge in [-0.2, -0.15) is 0 Å². The Kier molecular flexibility index (Phi) is 6.04. The number of amides is 5. The zero-order valence-electron chi connectivity index (χ0n) is 16.6. The predicted octanol–water partition coefficient (Wildman–Crippen LogP) is -0.137. The van der Waals surface area contributed by atoms with Gasteiger partial charge in [0.15, 0.2) is 6.61 Å². The highest BCUT2D eigenvalue weighted by molar-refractivity contribution is 6.08. The van der Waals surface area contributed by atoms with E-state index in [9.17, 15) is 24.0 Å². The molecule has 2 saturated heterocycles. The van der Waals surface area contributed by atoms with Crippen molar-refractivity contribution < 1.29 is 28.7 Å². The largest absolute Gasteiger partial charge is 0.454 e. The fourth-order valence-corrected chi connectivity index (χ4v) is 3.73. The standard InChI is InChI=1S/C20H24N4O6/c1-20(13-7-3-2-4-8-13)18(28)24(19(29)22-20)11-16(26)30-12-15(25)23-10-6-5-9-14(23)17(21)27/h2-4,7-8,14H,5-6,9-12H2,1H3,(H2,21,27)(H,22,29)/t14-,20-/m0/s1.